The van der Waals surface area contributed by atoms with Crippen molar-refractivity contribution in [1.29, 1.82) is 0 Å². The smallest absolute Gasteiger partial charge is 0.294 e. The minimum Gasteiger partial charge on any atom is -0.454 e. The maximum Gasteiger partial charge on any atom is 0.294 e. The van der Waals surface area contributed by atoms with Gasteiger partial charge in [0.15, 0.2) is 11.4 Å². The number of hydrazine groups is 1. The Balaban J connectivity index is 2.69. The van der Waals surface area contributed by atoms with Gasteiger partial charge < -0.3 is 4.74 Å². The second-order valence-corrected chi connectivity index (χ2v) is 6.05. The first-order valence-electron chi connectivity index (χ1n) is 8.27. The van der Waals surface area contributed by atoms with E-state index in [1.165, 1.54) is 32.5 Å². The largest absolute Gasteiger partial charge is 0.454 e. The fraction of sp³-hybridized carbons (Fsp3) is 0.333. The van der Waals surface area contributed by atoms with Gasteiger partial charge in [-0.15, -0.1) is 0 Å². The molecule has 150 valence electrons. The van der Waals surface area contributed by atoms with Crippen LogP contribution in [-0.2, 0) is 9.53 Å². The van der Waals surface area contributed by atoms with E-state index in [9.17, 15) is 18.0 Å². The predicted molar refractivity (Wildman–Crippen MR) is 96.9 cm³/mol. The summed E-state index contributed by atoms with van der Waals surface area (Å²) in [6.45, 7) is 1.27. The Kier molecular flexibility index (Phi) is 7.05. The second-order valence-electron chi connectivity index (χ2n) is 6.05. The maximum atomic E-state index is 14.9. The summed E-state index contributed by atoms with van der Waals surface area (Å²) >= 11 is 0. The van der Waals surface area contributed by atoms with E-state index in [1.54, 1.807) is 0 Å². The van der Waals surface area contributed by atoms with Gasteiger partial charge in [0, 0.05) is 18.5 Å². The van der Waals surface area contributed by atoms with Gasteiger partial charge in [0.1, 0.15) is 18.3 Å². The summed E-state index contributed by atoms with van der Waals surface area (Å²) in [7, 11) is 1.46. The van der Waals surface area contributed by atoms with Crippen molar-refractivity contribution in [3.63, 3.8) is 0 Å². The predicted octanol–water partition coefficient (Wildman–Crippen LogP) is 2.15. The summed E-state index contributed by atoms with van der Waals surface area (Å²) in [5.41, 5.74) is -2.17. The molecule has 2 unspecified atom stereocenters. The highest BCUT2D eigenvalue weighted by molar-refractivity contribution is 5.56. The first-order chi connectivity index (χ1) is 13.4. The van der Waals surface area contributed by atoms with Crippen LogP contribution in [0.2, 0.25) is 0 Å². The van der Waals surface area contributed by atoms with E-state index in [4.69, 9.17) is 10.6 Å². The Morgan fingerprint density at radius 3 is 2.89 bits per heavy atom. The summed E-state index contributed by atoms with van der Waals surface area (Å²) in [6.07, 6.45) is 5.95. The van der Waals surface area contributed by atoms with Gasteiger partial charge >= 0.3 is 0 Å². The van der Waals surface area contributed by atoms with Crippen LogP contribution in [0.15, 0.2) is 53.2 Å². The molecule has 1 aromatic heterocycles. The summed E-state index contributed by atoms with van der Waals surface area (Å²) in [4.78, 5) is 22.6. The monoisotopic (exact) mass is 395 g/mol. The van der Waals surface area contributed by atoms with E-state index in [0.717, 1.165) is 29.7 Å². The number of alkyl halides is 1. The second kappa shape index (κ2) is 9.27. The van der Waals surface area contributed by atoms with Crippen LogP contribution in [0.1, 0.15) is 18.5 Å². The lowest BCUT2D eigenvalue weighted by atomic mass is 9.78. The topological polar surface area (TPSA) is 93.7 Å². The minimum atomic E-state index is -1.85. The minimum absolute atomic E-state index is 0.0994. The lowest BCUT2D eigenvalue weighted by Crippen LogP contribution is -2.52. The zero-order chi connectivity index (χ0) is 20.7. The number of halogens is 3. The molecule has 0 fully saturated rings. The molecule has 10 heteroatoms. The molecule has 2 rings (SSSR count). The van der Waals surface area contributed by atoms with Gasteiger partial charge in [-0.05, 0) is 12.2 Å². The molecule has 0 bridgehead atoms. The molecule has 0 spiro atoms. The third kappa shape index (κ3) is 4.45. The van der Waals surface area contributed by atoms with Gasteiger partial charge in [0.05, 0.1) is 24.8 Å². The van der Waals surface area contributed by atoms with Crippen molar-refractivity contribution in [3.8, 4) is 0 Å². The van der Waals surface area contributed by atoms with Crippen LogP contribution < -0.4 is 5.84 Å². The van der Waals surface area contributed by atoms with Gasteiger partial charge in [-0.1, -0.05) is 19.1 Å². The summed E-state index contributed by atoms with van der Waals surface area (Å²) < 4.78 is 48.3. The number of rotatable bonds is 8. The molecule has 0 amide bonds. The van der Waals surface area contributed by atoms with Crippen molar-refractivity contribution < 1.29 is 22.7 Å². The normalized spacial score (nSPS) is 20.0. The van der Waals surface area contributed by atoms with Crippen molar-refractivity contribution in [3.05, 3.63) is 59.7 Å². The van der Waals surface area contributed by atoms with Crippen LogP contribution in [0, 0.1) is 5.82 Å². The van der Waals surface area contributed by atoms with Crippen LogP contribution in [0.5, 0.6) is 0 Å². The number of allylic oxidation sites excluding steroid dienone is 4. The Hall–Kier alpha value is -3.01. The highest BCUT2D eigenvalue weighted by Crippen LogP contribution is 2.41. The van der Waals surface area contributed by atoms with E-state index in [0.29, 0.717) is 0 Å². The Morgan fingerprint density at radius 2 is 2.25 bits per heavy atom. The van der Waals surface area contributed by atoms with Crippen molar-refractivity contribution in [2.75, 3.05) is 13.6 Å². The van der Waals surface area contributed by atoms with E-state index >= 15 is 0 Å². The number of nitrogens with zero attached hydrogens (tertiary/aromatic N) is 4. The fourth-order valence-electron chi connectivity index (χ4n) is 3.03. The number of hydrogen-bond donors (Lipinski definition) is 1. The zero-order valence-corrected chi connectivity index (χ0v) is 15.3. The molecule has 3 atom stereocenters. The van der Waals surface area contributed by atoms with Crippen LogP contribution in [0.4, 0.5) is 13.2 Å². The number of ether oxygens (including phenoxy) is 1. The summed E-state index contributed by atoms with van der Waals surface area (Å²) in [5.74, 6) is 3.10. The molecule has 1 heterocycles. The third-order valence-corrected chi connectivity index (χ3v) is 4.32. The average Bonchev–Trinajstić information content (AvgIpc) is 2.81. The van der Waals surface area contributed by atoms with Crippen LogP contribution >= 0.6 is 0 Å². The SMILES string of the molecule is CN=CN(N)C[C@](OC=O)(C1=CC=CC(F)C=C1F)C(C)c1ncncc1F. The zero-order valence-electron chi connectivity index (χ0n) is 15.3. The molecule has 28 heavy (non-hydrogen) atoms. The molecule has 1 aromatic rings. The lowest BCUT2D eigenvalue weighted by Gasteiger charge is -2.40. The molecule has 0 saturated carbocycles. The number of hydrogen-bond acceptors (Lipinski definition) is 6. The molecule has 0 aromatic carbocycles. The Bertz CT molecular complexity index is 827. The fourth-order valence-corrected chi connectivity index (χ4v) is 3.03. The summed E-state index contributed by atoms with van der Waals surface area (Å²) in [5, 5.41) is 1.05. The molecule has 2 N–H and O–H groups in total. The standard InChI is InChI=1S/C18H20F3N5O2/c1-12(17-16(21)7-24-9-25-17)18(28-11-27,8-26(22)10-23-2)14-5-3-4-13(19)6-15(14)20/h3-7,9-13H,8,22H2,1-2H3/t12?,13?,18-/m1/s1. The van der Waals surface area contributed by atoms with Crippen molar-refractivity contribution in [1.82, 2.24) is 15.0 Å². The van der Waals surface area contributed by atoms with Crippen LogP contribution in [-0.4, -0.2) is 53.2 Å². The van der Waals surface area contributed by atoms with E-state index in [2.05, 4.69) is 15.0 Å². The number of aliphatic imine (C=N–C) groups is 1. The molecular formula is C18H20F3N5O2. The molecule has 0 radical (unpaired) electrons. The van der Waals surface area contributed by atoms with Gasteiger partial charge in [-0.3, -0.25) is 14.8 Å². The van der Waals surface area contributed by atoms with Gasteiger partial charge in [-0.2, -0.15) is 0 Å². The van der Waals surface area contributed by atoms with Crippen molar-refractivity contribution >= 4 is 12.8 Å². The maximum absolute atomic E-state index is 14.9. The highest BCUT2D eigenvalue weighted by Gasteiger charge is 2.47. The van der Waals surface area contributed by atoms with Gasteiger partial charge in [0.25, 0.3) is 6.47 Å². The van der Waals surface area contributed by atoms with E-state index < -0.39 is 29.3 Å². The first-order valence-corrected chi connectivity index (χ1v) is 8.27. The van der Waals surface area contributed by atoms with Crippen molar-refractivity contribution in [2.45, 2.75) is 24.6 Å². The molecule has 1 aliphatic carbocycles. The van der Waals surface area contributed by atoms with Gasteiger partial charge in [0.2, 0.25) is 0 Å². The highest BCUT2D eigenvalue weighted by atomic mass is 19.1. The average molecular weight is 395 g/mol. The molecule has 0 saturated heterocycles. The Labute approximate surface area is 160 Å². The van der Waals surface area contributed by atoms with Crippen LogP contribution in [0.3, 0.4) is 0 Å². The molecule has 1 aliphatic rings. The third-order valence-electron chi connectivity index (χ3n) is 4.32. The number of nitrogens with two attached hydrogens (primary N) is 1. The number of carbonyl (C=O) groups excluding carboxylic acids is 1. The number of carbonyl (C=O) groups is 1. The Morgan fingerprint density at radius 1 is 1.50 bits per heavy atom. The van der Waals surface area contributed by atoms with Crippen LogP contribution in [0.25, 0.3) is 0 Å². The summed E-state index contributed by atoms with van der Waals surface area (Å²) in [6, 6.07) is 0. The van der Waals surface area contributed by atoms with Gasteiger partial charge in [-0.25, -0.2) is 29.0 Å². The first kappa shape index (κ1) is 21.3. The number of aromatic nitrogens is 2. The lowest BCUT2D eigenvalue weighted by molar-refractivity contribution is -0.143. The van der Waals surface area contributed by atoms with E-state index in [1.807, 2.05) is 0 Å². The van der Waals surface area contributed by atoms with E-state index in [-0.39, 0.29) is 24.3 Å². The molecular weight excluding hydrogens is 375 g/mol. The quantitative estimate of drug-likeness (QED) is 0.238. The van der Waals surface area contributed by atoms with Crippen molar-refractivity contribution in [2.24, 2.45) is 10.8 Å². The molecule has 7 nitrogen and oxygen atoms in total. The molecule has 0 aliphatic heterocycles.